The van der Waals surface area contributed by atoms with Gasteiger partial charge >= 0.3 is 0 Å². The van der Waals surface area contributed by atoms with Crippen LogP contribution in [0.25, 0.3) is 0 Å². The van der Waals surface area contributed by atoms with Crippen molar-refractivity contribution >= 4 is 28.8 Å². The van der Waals surface area contributed by atoms with Crippen LogP contribution in [0, 0.1) is 11.3 Å². The fraction of sp³-hybridized carbons (Fsp3) is 0.379. The van der Waals surface area contributed by atoms with Crippen molar-refractivity contribution in [3.63, 3.8) is 0 Å². The number of nitrogens with one attached hydrogen (secondary N) is 1. The molecule has 7 N–H and O–H groups in total. The normalized spacial score (nSPS) is 27.4. The lowest BCUT2D eigenvalue weighted by atomic mass is 9.52. The van der Waals surface area contributed by atoms with E-state index in [1.807, 2.05) is 4.90 Å². The SMILES string of the molecule is CN(C)c1ccc(O)c2c1C[C@@]1(CNc3cccnc3)C[C@H]3[C@H](N(C)C)C(O)=C(C(N)=O)C(=O)[C@@]3(O)C(O)=C1C2=O. The molecule has 41 heavy (non-hydrogen) atoms. The Morgan fingerprint density at radius 1 is 1.15 bits per heavy atom. The molecule has 12 nitrogen and oxygen atoms in total. The smallest absolute Gasteiger partial charge is 0.255 e. The van der Waals surface area contributed by atoms with E-state index in [2.05, 4.69) is 10.3 Å². The van der Waals surface area contributed by atoms with Gasteiger partial charge in [-0.25, -0.2) is 0 Å². The Kier molecular flexibility index (Phi) is 6.58. The zero-order valence-electron chi connectivity index (χ0n) is 23.2. The first-order valence-electron chi connectivity index (χ1n) is 13.1. The monoisotopic (exact) mass is 563 g/mol. The summed E-state index contributed by atoms with van der Waals surface area (Å²) in [7, 11) is 6.79. The average Bonchev–Trinajstić information content (AvgIpc) is 2.90. The minimum Gasteiger partial charge on any atom is -0.510 e. The molecule has 3 aliphatic carbocycles. The van der Waals surface area contributed by atoms with Crippen LogP contribution in [0.3, 0.4) is 0 Å². The van der Waals surface area contributed by atoms with E-state index in [0.29, 0.717) is 16.9 Å². The predicted molar refractivity (Wildman–Crippen MR) is 150 cm³/mol. The molecule has 0 aliphatic heterocycles. The van der Waals surface area contributed by atoms with Crippen LogP contribution < -0.4 is 16.0 Å². The van der Waals surface area contributed by atoms with Crippen LogP contribution in [-0.2, 0) is 16.0 Å². The van der Waals surface area contributed by atoms with E-state index in [-0.39, 0.29) is 36.3 Å². The molecule has 216 valence electrons. The number of aliphatic hydroxyl groups is 3. The number of amides is 1. The molecule has 0 fully saturated rings. The molecule has 0 saturated carbocycles. The van der Waals surface area contributed by atoms with Crippen molar-refractivity contribution < 1.29 is 34.8 Å². The number of phenolic OH excluding ortho intramolecular Hbond substituents is 1. The van der Waals surface area contributed by atoms with Crippen molar-refractivity contribution in [2.24, 2.45) is 17.1 Å². The number of aromatic nitrogens is 1. The summed E-state index contributed by atoms with van der Waals surface area (Å²) in [6.45, 7) is 0.0693. The van der Waals surface area contributed by atoms with Gasteiger partial charge in [0.1, 0.15) is 22.8 Å². The van der Waals surface area contributed by atoms with Gasteiger partial charge in [0.2, 0.25) is 5.78 Å². The van der Waals surface area contributed by atoms with Gasteiger partial charge in [0.05, 0.1) is 17.3 Å². The molecule has 1 heterocycles. The number of aromatic hydroxyl groups is 1. The lowest BCUT2D eigenvalue weighted by molar-refractivity contribution is -0.150. The van der Waals surface area contributed by atoms with Crippen molar-refractivity contribution in [3.05, 3.63) is 70.5 Å². The van der Waals surface area contributed by atoms with E-state index in [9.17, 15) is 34.8 Å². The fourth-order valence-electron chi connectivity index (χ4n) is 6.80. The van der Waals surface area contributed by atoms with Crippen LogP contribution in [0.4, 0.5) is 11.4 Å². The number of carbonyl (C=O) groups is 3. The molecule has 12 heteroatoms. The van der Waals surface area contributed by atoms with E-state index < -0.39 is 57.5 Å². The zero-order valence-corrected chi connectivity index (χ0v) is 23.2. The third-order valence-electron chi connectivity index (χ3n) is 8.58. The summed E-state index contributed by atoms with van der Waals surface area (Å²) < 4.78 is 0. The summed E-state index contributed by atoms with van der Waals surface area (Å²) in [6, 6.07) is 5.48. The molecule has 0 radical (unpaired) electrons. The Hall–Kier alpha value is -4.42. The molecular formula is C29H33N5O7. The summed E-state index contributed by atoms with van der Waals surface area (Å²) in [5.41, 5.74) is 2.19. The number of ketones is 2. The number of fused-ring (bicyclic) bond motifs is 3. The summed E-state index contributed by atoms with van der Waals surface area (Å²) in [5, 5.41) is 49.0. The van der Waals surface area contributed by atoms with Gasteiger partial charge in [0, 0.05) is 55.6 Å². The first-order valence-corrected chi connectivity index (χ1v) is 13.1. The van der Waals surface area contributed by atoms with Crippen LogP contribution in [0.5, 0.6) is 5.75 Å². The maximum Gasteiger partial charge on any atom is 0.255 e. The van der Waals surface area contributed by atoms with Crippen molar-refractivity contribution in [1.82, 2.24) is 9.88 Å². The average molecular weight is 564 g/mol. The highest BCUT2D eigenvalue weighted by molar-refractivity contribution is 6.25. The van der Waals surface area contributed by atoms with Crippen LogP contribution in [-0.4, -0.2) is 94.2 Å². The maximum atomic E-state index is 14.3. The number of hydrogen-bond donors (Lipinski definition) is 6. The molecule has 1 amide bonds. The second-order valence-electron chi connectivity index (χ2n) is 11.4. The highest BCUT2D eigenvalue weighted by Gasteiger charge is 2.66. The molecule has 3 aliphatic rings. The molecule has 0 unspecified atom stereocenters. The Balaban J connectivity index is 1.80. The van der Waals surface area contributed by atoms with Crippen molar-refractivity contribution in [1.29, 1.82) is 0 Å². The molecule has 2 aromatic rings. The summed E-state index contributed by atoms with van der Waals surface area (Å²) >= 11 is 0. The number of carbonyl (C=O) groups excluding carboxylic acids is 3. The highest BCUT2D eigenvalue weighted by Crippen LogP contribution is 2.58. The van der Waals surface area contributed by atoms with Gasteiger partial charge in [0.15, 0.2) is 11.4 Å². The number of Topliss-reactive ketones (excluding diaryl/α,β-unsaturated/α-hetero) is 2. The second-order valence-corrected chi connectivity index (χ2v) is 11.4. The number of pyridine rings is 1. The first-order chi connectivity index (χ1) is 19.3. The van der Waals surface area contributed by atoms with Crippen LogP contribution in [0.1, 0.15) is 22.3 Å². The zero-order chi connectivity index (χ0) is 30.0. The molecule has 4 atom stereocenters. The fourth-order valence-corrected chi connectivity index (χ4v) is 6.80. The third kappa shape index (κ3) is 3.97. The maximum absolute atomic E-state index is 14.3. The van der Waals surface area contributed by atoms with Gasteiger partial charge in [-0.15, -0.1) is 0 Å². The van der Waals surface area contributed by atoms with E-state index in [1.54, 1.807) is 58.8 Å². The number of rotatable bonds is 6. The number of anilines is 2. The number of primary amides is 1. The lowest BCUT2D eigenvalue weighted by Crippen LogP contribution is -2.66. The molecule has 0 saturated heterocycles. The number of hydrogen-bond acceptors (Lipinski definition) is 11. The van der Waals surface area contributed by atoms with Gasteiger partial charge in [0.25, 0.3) is 5.91 Å². The van der Waals surface area contributed by atoms with E-state index in [1.165, 1.54) is 11.0 Å². The Morgan fingerprint density at radius 3 is 2.44 bits per heavy atom. The number of nitrogens with two attached hydrogens (primary N) is 1. The molecule has 1 aromatic heterocycles. The Bertz CT molecular complexity index is 1530. The Labute approximate surface area is 236 Å². The first kappa shape index (κ1) is 28.1. The number of benzene rings is 1. The van der Waals surface area contributed by atoms with Crippen molar-refractivity contribution in [3.8, 4) is 5.75 Å². The molecular weight excluding hydrogens is 530 g/mol. The minimum atomic E-state index is -2.74. The van der Waals surface area contributed by atoms with Gasteiger partial charge in [-0.3, -0.25) is 24.3 Å². The minimum absolute atomic E-state index is 0.0438. The largest absolute Gasteiger partial charge is 0.510 e. The van der Waals surface area contributed by atoms with Crippen molar-refractivity contribution in [2.45, 2.75) is 24.5 Å². The second kappa shape index (κ2) is 9.60. The standard InChI is InChI=1S/C29H33N5O7/c1-33(2)17-7-8-18(35)19-15(17)10-28(13-32-14-6-5-9-31-12-14)11-16-22(34(3)4)24(37)20(27(30)40)25(38)29(16,41)26(39)21(28)23(19)36/h5-9,12,16,22,32,35,37,39,41H,10-11,13H2,1-4H3,(H2,30,40)/t16-,22-,28-,29+/m0/s1. The molecule has 1 aromatic carbocycles. The van der Waals surface area contributed by atoms with Crippen LogP contribution in [0.2, 0.25) is 0 Å². The molecule has 0 bridgehead atoms. The van der Waals surface area contributed by atoms with Gasteiger partial charge < -0.3 is 36.4 Å². The number of likely N-dealkylation sites (N-methyl/N-ethyl adjacent to an activating group) is 1. The van der Waals surface area contributed by atoms with E-state index in [0.717, 1.165) is 0 Å². The molecule has 0 spiro atoms. The summed E-state index contributed by atoms with van der Waals surface area (Å²) in [6.07, 6.45) is 3.27. The van der Waals surface area contributed by atoms with Crippen LogP contribution >= 0.6 is 0 Å². The highest BCUT2D eigenvalue weighted by atomic mass is 16.3. The quantitative estimate of drug-likeness (QED) is 0.276. The van der Waals surface area contributed by atoms with Crippen LogP contribution in [0.15, 0.2) is 59.3 Å². The van der Waals surface area contributed by atoms with Gasteiger partial charge in [-0.2, -0.15) is 0 Å². The number of nitrogens with zero attached hydrogens (tertiary/aromatic N) is 3. The Morgan fingerprint density at radius 2 is 1.85 bits per heavy atom. The topological polar surface area (TPSA) is 190 Å². The number of phenols is 1. The van der Waals surface area contributed by atoms with E-state index >= 15 is 0 Å². The van der Waals surface area contributed by atoms with Gasteiger partial charge in [-0.1, -0.05) is 0 Å². The molecule has 5 rings (SSSR count). The lowest BCUT2D eigenvalue weighted by Gasteiger charge is -2.54. The third-order valence-corrected chi connectivity index (χ3v) is 8.58. The van der Waals surface area contributed by atoms with E-state index in [4.69, 9.17) is 5.73 Å². The van der Waals surface area contributed by atoms with Gasteiger partial charge in [-0.05, 0) is 56.8 Å². The summed E-state index contributed by atoms with van der Waals surface area (Å²) in [5.74, 6) is -6.32. The number of aliphatic hydroxyl groups excluding tert-OH is 2. The predicted octanol–water partition coefficient (Wildman–Crippen LogP) is 1.06. The summed E-state index contributed by atoms with van der Waals surface area (Å²) in [4.78, 5) is 47.7. The van der Waals surface area contributed by atoms with Crippen molar-refractivity contribution in [2.75, 3.05) is 45.0 Å².